The van der Waals surface area contributed by atoms with Crippen molar-refractivity contribution in [2.75, 3.05) is 19.6 Å². The van der Waals surface area contributed by atoms with E-state index < -0.39 is 0 Å². The van der Waals surface area contributed by atoms with Gasteiger partial charge in [0.25, 0.3) is 0 Å². The lowest BCUT2D eigenvalue weighted by Crippen LogP contribution is -2.93. The first kappa shape index (κ1) is 13.4. The smallest absolute Gasteiger partial charge is 0.00631 e. The van der Waals surface area contributed by atoms with Gasteiger partial charge in [-0.1, -0.05) is 30.3 Å². The zero-order chi connectivity index (χ0) is 15.3. The van der Waals surface area contributed by atoms with Crippen molar-refractivity contribution in [1.82, 2.24) is 4.90 Å². The fraction of sp³-hybridized carbons (Fsp3) is 0.714. The number of nitrogens with zero attached hydrogens (tertiary/aromatic N) is 1. The molecule has 1 saturated heterocycles. The minimum atomic E-state index is 0.459. The van der Waals surface area contributed by atoms with E-state index in [-0.39, 0.29) is 0 Å². The molecule has 2 nitrogen and oxygen atoms in total. The number of nitrogens with two attached hydrogens (primary N) is 1. The van der Waals surface area contributed by atoms with Crippen LogP contribution < -0.4 is 5.73 Å². The molecular formula is C21H28N2. The molecule has 1 aromatic rings. The van der Waals surface area contributed by atoms with Crippen molar-refractivity contribution < 1.29 is 0 Å². The largest absolute Gasteiger partial charge is 0.328 e. The molecule has 6 rings (SSSR count). The van der Waals surface area contributed by atoms with Crippen molar-refractivity contribution in [2.24, 2.45) is 28.4 Å². The monoisotopic (exact) mass is 308 g/mol. The van der Waals surface area contributed by atoms with Crippen molar-refractivity contribution >= 4 is 0 Å². The maximum atomic E-state index is 6.11. The van der Waals surface area contributed by atoms with E-state index in [4.69, 9.17) is 5.73 Å². The second kappa shape index (κ2) is 4.03. The Morgan fingerprint density at radius 1 is 1.04 bits per heavy atom. The summed E-state index contributed by atoms with van der Waals surface area (Å²) in [5.74, 6) is 2.12. The molecule has 0 bridgehead atoms. The minimum absolute atomic E-state index is 0.459. The highest BCUT2D eigenvalue weighted by Crippen LogP contribution is 2.97. The van der Waals surface area contributed by atoms with Crippen LogP contribution >= 0.6 is 0 Å². The standard InChI is InChI=1S/C21H28N2/c22-18-6-8-23(9-7-18)14-19-11-16-10-17-12-20(13-19,21(16,17)19)15-4-2-1-3-5-15/h1-5,16-18H,6-14,22H2. The lowest BCUT2D eigenvalue weighted by atomic mass is 9.08. The van der Waals surface area contributed by atoms with Gasteiger partial charge in [-0.3, -0.25) is 0 Å². The van der Waals surface area contributed by atoms with Crippen molar-refractivity contribution in [3.05, 3.63) is 35.9 Å². The molecule has 0 radical (unpaired) electrons. The Labute approximate surface area is 139 Å². The molecule has 0 aromatic heterocycles. The van der Waals surface area contributed by atoms with Crippen LogP contribution in [0.25, 0.3) is 0 Å². The highest BCUT2D eigenvalue weighted by Gasteiger charge is 2.93. The Balaban J connectivity index is 1.29. The number of likely N-dealkylation sites (tertiary alicyclic amines) is 1. The summed E-state index contributed by atoms with van der Waals surface area (Å²) in [6, 6.07) is 12.0. The fourth-order valence-corrected chi connectivity index (χ4v) is 8.41. The molecule has 2 N–H and O–H groups in total. The van der Waals surface area contributed by atoms with Crippen molar-refractivity contribution in [1.29, 1.82) is 0 Å². The molecule has 0 amide bonds. The predicted octanol–water partition coefficient (Wildman–Crippen LogP) is 3.17. The van der Waals surface area contributed by atoms with Gasteiger partial charge in [0.2, 0.25) is 0 Å². The van der Waals surface area contributed by atoms with Crippen LogP contribution in [0.2, 0.25) is 0 Å². The Morgan fingerprint density at radius 2 is 1.78 bits per heavy atom. The van der Waals surface area contributed by atoms with Crippen molar-refractivity contribution in [3.63, 3.8) is 0 Å². The molecule has 1 heterocycles. The van der Waals surface area contributed by atoms with E-state index in [9.17, 15) is 0 Å². The van der Waals surface area contributed by atoms with E-state index in [1.807, 2.05) is 0 Å². The normalized spacial score (nSPS) is 50.7. The molecule has 122 valence electrons. The fourth-order valence-electron chi connectivity index (χ4n) is 8.41. The summed E-state index contributed by atoms with van der Waals surface area (Å²) in [6.07, 6.45) is 8.45. The SMILES string of the molecule is NC1CCN(CC23CC4CC5CC(c6ccccc6)(C2)C453)CC1. The number of rotatable bonds is 3. The number of benzene rings is 1. The van der Waals surface area contributed by atoms with Crippen LogP contribution in [-0.2, 0) is 5.41 Å². The summed E-state index contributed by atoms with van der Waals surface area (Å²) < 4.78 is 0. The van der Waals surface area contributed by atoms with Gasteiger partial charge in [0, 0.05) is 18.0 Å². The van der Waals surface area contributed by atoms with Gasteiger partial charge in [0.05, 0.1) is 0 Å². The molecule has 4 aliphatic carbocycles. The van der Waals surface area contributed by atoms with Gasteiger partial charge in [-0.25, -0.2) is 0 Å². The van der Waals surface area contributed by atoms with Crippen molar-refractivity contribution in [2.45, 2.75) is 50.0 Å². The Kier molecular flexibility index (Phi) is 2.35. The lowest BCUT2D eigenvalue weighted by molar-refractivity contribution is -0.449. The first-order chi connectivity index (χ1) is 11.2. The Morgan fingerprint density at radius 3 is 2.48 bits per heavy atom. The van der Waals surface area contributed by atoms with Gasteiger partial charge >= 0.3 is 0 Å². The molecule has 5 fully saturated rings. The highest BCUT2D eigenvalue weighted by atomic mass is 15.2. The van der Waals surface area contributed by atoms with E-state index in [1.165, 1.54) is 51.7 Å². The van der Waals surface area contributed by atoms with Crippen molar-refractivity contribution in [3.8, 4) is 0 Å². The summed E-state index contributed by atoms with van der Waals surface area (Å²) in [7, 11) is 0. The molecule has 1 aliphatic heterocycles. The molecule has 5 atom stereocenters. The van der Waals surface area contributed by atoms with E-state index in [2.05, 4.69) is 35.2 Å². The van der Waals surface area contributed by atoms with Gasteiger partial charge < -0.3 is 10.6 Å². The average Bonchev–Trinajstić information content (AvgIpc) is 2.51. The van der Waals surface area contributed by atoms with E-state index in [0.717, 1.165) is 17.3 Å². The molecule has 5 aliphatic rings. The maximum absolute atomic E-state index is 6.11. The van der Waals surface area contributed by atoms with Crippen LogP contribution in [-0.4, -0.2) is 30.6 Å². The Bertz CT molecular complexity index is 643. The molecule has 1 aromatic carbocycles. The predicted molar refractivity (Wildman–Crippen MR) is 92.1 cm³/mol. The van der Waals surface area contributed by atoms with Crippen LogP contribution in [0.15, 0.2) is 30.3 Å². The van der Waals surface area contributed by atoms with Gasteiger partial charge in [0.1, 0.15) is 0 Å². The van der Waals surface area contributed by atoms with Crippen LogP contribution in [0.1, 0.15) is 44.1 Å². The summed E-state index contributed by atoms with van der Waals surface area (Å²) in [5, 5.41) is 0. The number of piperidine rings is 1. The van der Waals surface area contributed by atoms with Crippen LogP contribution in [0.4, 0.5) is 0 Å². The summed E-state index contributed by atoms with van der Waals surface area (Å²) in [4.78, 5) is 2.76. The highest BCUT2D eigenvalue weighted by molar-refractivity contribution is 5.51. The van der Waals surface area contributed by atoms with Crippen LogP contribution in [0.3, 0.4) is 0 Å². The second-order valence-corrected chi connectivity index (χ2v) is 9.43. The molecule has 5 unspecified atom stereocenters. The zero-order valence-electron chi connectivity index (χ0n) is 14.0. The van der Waals surface area contributed by atoms with Gasteiger partial charge in [-0.05, 0) is 79.8 Å². The second-order valence-electron chi connectivity index (χ2n) is 9.43. The quantitative estimate of drug-likeness (QED) is 0.929. The third-order valence-electron chi connectivity index (χ3n) is 8.88. The Hall–Kier alpha value is -0.860. The minimum Gasteiger partial charge on any atom is -0.328 e. The third kappa shape index (κ3) is 1.27. The summed E-state index contributed by atoms with van der Waals surface area (Å²) in [5.41, 5.74) is 9.75. The third-order valence-corrected chi connectivity index (χ3v) is 8.88. The molecule has 4 saturated carbocycles. The van der Waals surface area contributed by atoms with Crippen LogP contribution in [0.5, 0.6) is 0 Å². The first-order valence-corrected chi connectivity index (χ1v) is 9.74. The molecular weight excluding hydrogens is 280 g/mol. The number of hydrogen-bond acceptors (Lipinski definition) is 2. The lowest BCUT2D eigenvalue weighted by Gasteiger charge is -2.96. The maximum Gasteiger partial charge on any atom is 0.00631 e. The van der Waals surface area contributed by atoms with Gasteiger partial charge in [-0.15, -0.1) is 0 Å². The zero-order valence-corrected chi connectivity index (χ0v) is 14.0. The van der Waals surface area contributed by atoms with Crippen LogP contribution in [0, 0.1) is 22.7 Å². The molecule has 2 heteroatoms. The van der Waals surface area contributed by atoms with E-state index in [1.54, 1.807) is 12.0 Å². The van der Waals surface area contributed by atoms with E-state index in [0.29, 0.717) is 16.9 Å². The van der Waals surface area contributed by atoms with Gasteiger partial charge in [-0.2, -0.15) is 0 Å². The summed E-state index contributed by atoms with van der Waals surface area (Å²) >= 11 is 0. The molecule has 1 spiro atoms. The first-order valence-electron chi connectivity index (χ1n) is 9.74. The molecule has 23 heavy (non-hydrogen) atoms. The van der Waals surface area contributed by atoms with Gasteiger partial charge in [0.15, 0.2) is 0 Å². The van der Waals surface area contributed by atoms with E-state index >= 15 is 0 Å². The summed E-state index contributed by atoms with van der Waals surface area (Å²) in [6.45, 7) is 3.86. The average molecular weight is 308 g/mol. The number of hydrogen-bond donors (Lipinski definition) is 1. The topological polar surface area (TPSA) is 29.3 Å².